The largest absolute Gasteiger partial charge is 0.374 e. The summed E-state index contributed by atoms with van der Waals surface area (Å²) in [6, 6.07) is 0.552. The lowest BCUT2D eigenvalue weighted by atomic mass is 10.1. The van der Waals surface area contributed by atoms with E-state index in [4.69, 9.17) is 4.74 Å². The predicted octanol–water partition coefficient (Wildman–Crippen LogP) is 3.13. The molecule has 1 unspecified atom stereocenters. The van der Waals surface area contributed by atoms with E-state index in [1.165, 1.54) is 25.7 Å². The van der Waals surface area contributed by atoms with Crippen molar-refractivity contribution in [1.29, 1.82) is 0 Å². The molecule has 1 rings (SSSR count). The molecule has 0 amide bonds. The van der Waals surface area contributed by atoms with Crippen LogP contribution in [0.15, 0.2) is 0 Å². The van der Waals surface area contributed by atoms with E-state index in [0.717, 1.165) is 23.2 Å². The van der Waals surface area contributed by atoms with Gasteiger partial charge >= 0.3 is 0 Å². The summed E-state index contributed by atoms with van der Waals surface area (Å²) in [5.41, 5.74) is 0. The molecule has 0 bridgehead atoms. The minimum absolute atomic E-state index is 0.552. The van der Waals surface area contributed by atoms with Crippen LogP contribution in [0, 0.1) is 0 Å². The number of nitrogens with one attached hydrogen (secondary N) is 1. The second kappa shape index (κ2) is 9.42. The highest BCUT2D eigenvalue weighted by Gasteiger charge is 2.06. The van der Waals surface area contributed by atoms with Crippen LogP contribution in [0.25, 0.3) is 0 Å². The Morgan fingerprint density at radius 3 is 2.72 bits per heavy atom. The zero-order chi connectivity index (χ0) is 13.2. The van der Waals surface area contributed by atoms with E-state index in [2.05, 4.69) is 29.4 Å². The van der Waals surface area contributed by atoms with Crippen LogP contribution in [0.1, 0.15) is 56.5 Å². The maximum absolute atomic E-state index is 5.31. The molecular formula is C13H25N3OS. The van der Waals surface area contributed by atoms with Crippen LogP contribution >= 0.6 is 11.3 Å². The van der Waals surface area contributed by atoms with E-state index in [9.17, 15) is 0 Å². The molecule has 104 valence electrons. The first kappa shape index (κ1) is 15.5. The van der Waals surface area contributed by atoms with Crippen molar-refractivity contribution in [2.45, 2.75) is 65.6 Å². The average molecular weight is 271 g/mol. The average Bonchev–Trinajstić information content (AvgIpc) is 2.82. The van der Waals surface area contributed by atoms with Gasteiger partial charge in [0.15, 0.2) is 0 Å². The Balaban J connectivity index is 2.19. The van der Waals surface area contributed by atoms with Crippen molar-refractivity contribution >= 4 is 11.3 Å². The van der Waals surface area contributed by atoms with Gasteiger partial charge in [0.1, 0.15) is 16.6 Å². The standard InChI is InChI=1S/C13H25N3OS/c1-4-6-7-8-11(3)14-9-12-15-16-13(18-12)10-17-5-2/h11,14H,4-10H2,1-3H3. The Labute approximate surface area is 114 Å². The fraction of sp³-hybridized carbons (Fsp3) is 0.846. The van der Waals surface area contributed by atoms with Gasteiger partial charge in [-0.15, -0.1) is 10.2 Å². The SMILES string of the molecule is CCCCCC(C)NCc1nnc(COCC)s1. The Morgan fingerprint density at radius 1 is 1.22 bits per heavy atom. The molecule has 0 radical (unpaired) electrons. The first-order valence-corrected chi connectivity index (χ1v) is 7.70. The number of aromatic nitrogens is 2. The van der Waals surface area contributed by atoms with Crippen molar-refractivity contribution in [3.63, 3.8) is 0 Å². The molecule has 1 aromatic heterocycles. The second-order valence-electron chi connectivity index (χ2n) is 4.50. The van der Waals surface area contributed by atoms with E-state index in [0.29, 0.717) is 12.6 Å². The molecule has 18 heavy (non-hydrogen) atoms. The van der Waals surface area contributed by atoms with Crippen molar-refractivity contribution in [2.24, 2.45) is 0 Å². The van der Waals surface area contributed by atoms with Gasteiger partial charge in [0.05, 0.1) is 0 Å². The minimum Gasteiger partial charge on any atom is -0.374 e. The van der Waals surface area contributed by atoms with Crippen molar-refractivity contribution in [1.82, 2.24) is 15.5 Å². The van der Waals surface area contributed by atoms with Gasteiger partial charge < -0.3 is 10.1 Å². The van der Waals surface area contributed by atoms with Crippen LogP contribution in [-0.4, -0.2) is 22.8 Å². The lowest BCUT2D eigenvalue weighted by Crippen LogP contribution is -2.25. The van der Waals surface area contributed by atoms with Crippen molar-refractivity contribution < 1.29 is 4.74 Å². The molecule has 0 spiro atoms. The van der Waals surface area contributed by atoms with Gasteiger partial charge in [0.25, 0.3) is 0 Å². The van der Waals surface area contributed by atoms with E-state index >= 15 is 0 Å². The smallest absolute Gasteiger partial charge is 0.143 e. The number of hydrogen-bond donors (Lipinski definition) is 1. The molecule has 0 saturated carbocycles. The van der Waals surface area contributed by atoms with Gasteiger partial charge in [-0.1, -0.05) is 37.5 Å². The summed E-state index contributed by atoms with van der Waals surface area (Å²) in [7, 11) is 0. The number of ether oxygens (including phenoxy) is 1. The lowest BCUT2D eigenvalue weighted by Gasteiger charge is -2.11. The highest BCUT2D eigenvalue weighted by atomic mass is 32.1. The van der Waals surface area contributed by atoms with E-state index in [1.807, 2.05) is 6.92 Å². The Hall–Kier alpha value is -0.520. The number of hydrogen-bond acceptors (Lipinski definition) is 5. The molecule has 0 aliphatic heterocycles. The minimum atomic E-state index is 0.552. The number of unbranched alkanes of at least 4 members (excludes halogenated alkanes) is 2. The summed E-state index contributed by atoms with van der Waals surface area (Å²) < 4.78 is 5.31. The Morgan fingerprint density at radius 2 is 2.00 bits per heavy atom. The number of rotatable bonds is 10. The summed E-state index contributed by atoms with van der Waals surface area (Å²) in [4.78, 5) is 0. The van der Waals surface area contributed by atoms with Crippen LogP contribution in [0.3, 0.4) is 0 Å². The third-order valence-corrected chi connectivity index (χ3v) is 3.68. The van der Waals surface area contributed by atoms with Gasteiger partial charge in [0, 0.05) is 19.2 Å². The van der Waals surface area contributed by atoms with Gasteiger partial charge in [-0.3, -0.25) is 0 Å². The van der Waals surface area contributed by atoms with Gasteiger partial charge in [-0.2, -0.15) is 0 Å². The summed E-state index contributed by atoms with van der Waals surface area (Å²) in [5.74, 6) is 0. The van der Waals surface area contributed by atoms with Crippen LogP contribution in [0.5, 0.6) is 0 Å². The maximum atomic E-state index is 5.31. The summed E-state index contributed by atoms with van der Waals surface area (Å²) in [5, 5.41) is 13.8. The Bertz CT molecular complexity index is 317. The number of nitrogens with zero attached hydrogens (tertiary/aromatic N) is 2. The van der Waals surface area contributed by atoms with Crippen molar-refractivity contribution in [2.75, 3.05) is 6.61 Å². The molecule has 1 N–H and O–H groups in total. The first-order valence-electron chi connectivity index (χ1n) is 6.88. The van der Waals surface area contributed by atoms with Crippen LogP contribution < -0.4 is 5.32 Å². The molecule has 5 heteroatoms. The Kier molecular flexibility index (Phi) is 8.13. The maximum Gasteiger partial charge on any atom is 0.143 e. The van der Waals surface area contributed by atoms with Crippen LogP contribution in [-0.2, 0) is 17.9 Å². The zero-order valence-electron chi connectivity index (χ0n) is 11.7. The normalized spacial score (nSPS) is 12.8. The summed E-state index contributed by atoms with van der Waals surface area (Å²) in [6.45, 7) is 8.58. The molecule has 0 fully saturated rings. The van der Waals surface area contributed by atoms with Gasteiger partial charge in [-0.05, 0) is 20.3 Å². The molecule has 0 aliphatic rings. The fourth-order valence-electron chi connectivity index (χ4n) is 1.67. The predicted molar refractivity (Wildman–Crippen MR) is 75.7 cm³/mol. The van der Waals surface area contributed by atoms with E-state index in [1.54, 1.807) is 11.3 Å². The topological polar surface area (TPSA) is 47.0 Å². The highest BCUT2D eigenvalue weighted by molar-refractivity contribution is 7.11. The monoisotopic (exact) mass is 271 g/mol. The van der Waals surface area contributed by atoms with Crippen molar-refractivity contribution in [3.05, 3.63) is 10.0 Å². The highest BCUT2D eigenvalue weighted by Crippen LogP contribution is 2.11. The molecule has 1 heterocycles. The molecular weight excluding hydrogens is 246 g/mol. The molecule has 1 aromatic rings. The fourth-order valence-corrected chi connectivity index (χ4v) is 2.40. The quantitative estimate of drug-likeness (QED) is 0.664. The van der Waals surface area contributed by atoms with E-state index in [-0.39, 0.29) is 0 Å². The zero-order valence-corrected chi connectivity index (χ0v) is 12.6. The molecule has 0 aromatic carbocycles. The third kappa shape index (κ3) is 6.42. The second-order valence-corrected chi connectivity index (χ2v) is 5.65. The van der Waals surface area contributed by atoms with E-state index < -0.39 is 0 Å². The first-order chi connectivity index (χ1) is 8.76. The van der Waals surface area contributed by atoms with Crippen LogP contribution in [0.4, 0.5) is 0 Å². The third-order valence-electron chi connectivity index (χ3n) is 2.78. The molecule has 0 saturated heterocycles. The molecule has 4 nitrogen and oxygen atoms in total. The lowest BCUT2D eigenvalue weighted by molar-refractivity contribution is 0.133. The molecule has 1 atom stereocenters. The summed E-state index contributed by atoms with van der Waals surface area (Å²) in [6.07, 6.45) is 5.14. The summed E-state index contributed by atoms with van der Waals surface area (Å²) >= 11 is 1.63. The van der Waals surface area contributed by atoms with Gasteiger partial charge in [-0.25, -0.2) is 0 Å². The van der Waals surface area contributed by atoms with Crippen LogP contribution in [0.2, 0.25) is 0 Å². The molecule has 0 aliphatic carbocycles. The van der Waals surface area contributed by atoms with Gasteiger partial charge in [0.2, 0.25) is 0 Å². The van der Waals surface area contributed by atoms with Crippen molar-refractivity contribution in [3.8, 4) is 0 Å².